The largest absolute Gasteiger partial charge is 0.462 e. The molecular formula is C16H24N2O5. The smallest absolute Gasteiger partial charge is 0.347 e. The van der Waals surface area contributed by atoms with Crippen LogP contribution in [-0.4, -0.2) is 66.0 Å². The van der Waals surface area contributed by atoms with Crippen molar-refractivity contribution in [3.63, 3.8) is 0 Å². The van der Waals surface area contributed by atoms with E-state index in [0.717, 1.165) is 12.8 Å². The minimum absolute atomic E-state index is 0.0205. The highest BCUT2D eigenvalue weighted by Gasteiger charge is 2.38. The average Bonchev–Trinajstić information content (AvgIpc) is 3.32. The van der Waals surface area contributed by atoms with Gasteiger partial charge in [-0.2, -0.15) is 0 Å². The fraction of sp³-hybridized carbons (Fsp3) is 0.688. The van der Waals surface area contributed by atoms with Crippen molar-refractivity contribution in [1.29, 1.82) is 0 Å². The van der Waals surface area contributed by atoms with Crippen LogP contribution in [0, 0.1) is 0 Å². The van der Waals surface area contributed by atoms with Crippen LogP contribution in [0.3, 0.4) is 0 Å². The van der Waals surface area contributed by atoms with Crippen LogP contribution >= 0.6 is 0 Å². The summed E-state index contributed by atoms with van der Waals surface area (Å²) in [4.78, 5) is 39.8. The standard InChI is InChI=1S/C16H24N2O5/c1-4-22-15(20)13(16(21)23-5-2)9-17-10-14(19)18(8-11(17)3)12-6-7-12/h9,11-12H,4-8,10H2,1-3H3. The highest BCUT2D eigenvalue weighted by Crippen LogP contribution is 2.29. The molecule has 0 N–H and O–H groups in total. The Morgan fingerprint density at radius 2 is 1.74 bits per heavy atom. The maximum atomic E-state index is 12.2. The van der Waals surface area contributed by atoms with Crippen LogP contribution in [-0.2, 0) is 23.9 Å². The Morgan fingerprint density at radius 1 is 1.17 bits per heavy atom. The lowest BCUT2D eigenvalue weighted by Crippen LogP contribution is -2.54. The highest BCUT2D eigenvalue weighted by atomic mass is 16.6. The third-order valence-corrected chi connectivity index (χ3v) is 3.94. The topological polar surface area (TPSA) is 76.2 Å². The first kappa shape index (κ1) is 17.3. The Morgan fingerprint density at radius 3 is 2.22 bits per heavy atom. The number of piperazine rings is 1. The van der Waals surface area contributed by atoms with E-state index in [0.29, 0.717) is 12.6 Å². The van der Waals surface area contributed by atoms with Crippen molar-refractivity contribution in [1.82, 2.24) is 9.80 Å². The normalized spacial score (nSPS) is 21.0. The van der Waals surface area contributed by atoms with Gasteiger partial charge in [0.25, 0.3) is 0 Å². The molecule has 0 spiro atoms. The summed E-state index contributed by atoms with van der Waals surface area (Å²) in [5.74, 6) is -1.43. The maximum absolute atomic E-state index is 12.2. The second-order valence-corrected chi connectivity index (χ2v) is 5.78. The molecule has 1 saturated heterocycles. The van der Waals surface area contributed by atoms with E-state index in [4.69, 9.17) is 9.47 Å². The molecule has 1 atom stereocenters. The second-order valence-electron chi connectivity index (χ2n) is 5.78. The quantitative estimate of drug-likeness (QED) is 0.310. The summed E-state index contributed by atoms with van der Waals surface area (Å²) in [5, 5.41) is 0. The molecule has 23 heavy (non-hydrogen) atoms. The molecule has 1 aliphatic heterocycles. The van der Waals surface area contributed by atoms with E-state index in [9.17, 15) is 14.4 Å². The first-order valence-electron chi connectivity index (χ1n) is 8.09. The molecule has 2 aliphatic rings. The van der Waals surface area contributed by atoms with E-state index in [2.05, 4.69) is 0 Å². The molecule has 0 radical (unpaired) electrons. The number of ether oxygens (including phenoxy) is 2. The second kappa shape index (κ2) is 7.48. The molecule has 0 aromatic rings. The number of rotatable bonds is 6. The Bertz CT molecular complexity index is 493. The molecule has 1 saturated carbocycles. The Hall–Kier alpha value is -2.05. The van der Waals surface area contributed by atoms with Crippen molar-refractivity contribution in [3.05, 3.63) is 11.8 Å². The van der Waals surface area contributed by atoms with Gasteiger partial charge < -0.3 is 19.3 Å². The Labute approximate surface area is 136 Å². The van der Waals surface area contributed by atoms with Gasteiger partial charge in [-0.1, -0.05) is 0 Å². The summed E-state index contributed by atoms with van der Waals surface area (Å²) < 4.78 is 9.83. The van der Waals surface area contributed by atoms with E-state index < -0.39 is 11.9 Å². The number of amides is 1. The number of nitrogens with zero attached hydrogens (tertiary/aromatic N) is 2. The molecule has 1 aliphatic carbocycles. The third kappa shape index (κ3) is 4.24. The number of carbonyl (C=O) groups excluding carboxylic acids is 3. The first-order valence-corrected chi connectivity index (χ1v) is 8.09. The van der Waals surface area contributed by atoms with Crippen LogP contribution in [0.1, 0.15) is 33.6 Å². The van der Waals surface area contributed by atoms with E-state index in [1.807, 2.05) is 11.8 Å². The van der Waals surface area contributed by atoms with Crippen molar-refractivity contribution < 1.29 is 23.9 Å². The van der Waals surface area contributed by atoms with E-state index >= 15 is 0 Å². The number of esters is 2. The first-order chi connectivity index (χ1) is 11.0. The van der Waals surface area contributed by atoms with Crippen molar-refractivity contribution >= 4 is 17.8 Å². The fourth-order valence-corrected chi connectivity index (χ4v) is 2.58. The van der Waals surface area contributed by atoms with Crippen molar-refractivity contribution in [2.24, 2.45) is 0 Å². The van der Waals surface area contributed by atoms with Crippen LogP contribution in [0.4, 0.5) is 0 Å². The lowest BCUT2D eigenvalue weighted by atomic mass is 10.1. The van der Waals surface area contributed by atoms with Gasteiger partial charge in [-0.15, -0.1) is 0 Å². The van der Waals surface area contributed by atoms with Crippen molar-refractivity contribution in [2.75, 3.05) is 26.3 Å². The van der Waals surface area contributed by atoms with Gasteiger partial charge in [0.1, 0.15) is 0 Å². The van der Waals surface area contributed by atoms with Gasteiger partial charge in [0.15, 0.2) is 5.57 Å². The molecule has 0 aromatic heterocycles. The van der Waals surface area contributed by atoms with Gasteiger partial charge in [0.2, 0.25) is 5.91 Å². The summed E-state index contributed by atoms with van der Waals surface area (Å²) in [7, 11) is 0. The summed E-state index contributed by atoms with van der Waals surface area (Å²) in [6, 6.07) is 0.387. The molecule has 0 aromatic carbocycles. The van der Waals surface area contributed by atoms with Crippen molar-refractivity contribution in [2.45, 2.75) is 45.7 Å². The molecule has 1 heterocycles. The van der Waals surface area contributed by atoms with Gasteiger partial charge in [0.05, 0.1) is 19.8 Å². The molecule has 7 nitrogen and oxygen atoms in total. The van der Waals surface area contributed by atoms with Gasteiger partial charge in [-0.05, 0) is 33.6 Å². The lowest BCUT2D eigenvalue weighted by Gasteiger charge is -2.39. The molecule has 1 unspecified atom stereocenters. The van der Waals surface area contributed by atoms with Gasteiger partial charge in [0, 0.05) is 24.8 Å². The SMILES string of the molecule is CCOC(=O)C(=CN1CC(=O)N(C2CC2)CC1C)C(=O)OCC. The zero-order valence-corrected chi connectivity index (χ0v) is 13.9. The van der Waals surface area contributed by atoms with Crippen LogP contribution in [0.15, 0.2) is 11.8 Å². The molecular weight excluding hydrogens is 300 g/mol. The van der Waals surface area contributed by atoms with Crippen LogP contribution in [0.2, 0.25) is 0 Å². The van der Waals surface area contributed by atoms with Gasteiger partial charge >= 0.3 is 11.9 Å². The predicted octanol–water partition coefficient (Wildman–Crippen LogP) is 0.692. The fourth-order valence-electron chi connectivity index (χ4n) is 2.58. The number of hydrogen-bond donors (Lipinski definition) is 0. The molecule has 1 amide bonds. The molecule has 7 heteroatoms. The third-order valence-electron chi connectivity index (χ3n) is 3.94. The zero-order valence-electron chi connectivity index (χ0n) is 13.9. The van der Waals surface area contributed by atoms with E-state index in [1.54, 1.807) is 18.7 Å². The minimum Gasteiger partial charge on any atom is -0.462 e. The number of hydrogen-bond acceptors (Lipinski definition) is 6. The summed E-state index contributed by atoms with van der Waals surface area (Å²) in [6.07, 6.45) is 3.53. The number of carbonyl (C=O) groups is 3. The lowest BCUT2D eigenvalue weighted by molar-refractivity contribution is -0.147. The Kier molecular flexibility index (Phi) is 5.63. The average molecular weight is 324 g/mol. The summed E-state index contributed by atoms with van der Waals surface area (Å²) in [5.41, 5.74) is -0.173. The molecule has 0 bridgehead atoms. The van der Waals surface area contributed by atoms with Gasteiger partial charge in [-0.3, -0.25) is 4.79 Å². The Balaban J connectivity index is 2.14. The molecule has 128 valence electrons. The summed E-state index contributed by atoms with van der Waals surface area (Å²) in [6.45, 7) is 6.38. The van der Waals surface area contributed by atoms with Crippen LogP contribution < -0.4 is 0 Å². The predicted molar refractivity (Wildman–Crippen MR) is 82.3 cm³/mol. The molecule has 2 rings (SSSR count). The van der Waals surface area contributed by atoms with E-state index in [1.165, 1.54) is 6.20 Å². The van der Waals surface area contributed by atoms with E-state index in [-0.39, 0.29) is 37.3 Å². The minimum atomic E-state index is -0.727. The summed E-state index contributed by atoms with van der Waals surface area (Å²) >= 11 is 0. The van der Waals surface area contributed by atoms with Crippen LogP contribution in [0.25, 0.3) is 0 Å². The zero-order chi connectivity index (χ0) is 17.0. The van der Waals surface area contributed by atoms with Crippen LogP contribution in [0.5, 0.6) is 0 Å². The monoisotopic (exact) mass is 324 g/mol. The molecule has 2 fully saturated rings. The highest BCUT2D eigenvalue weighted by molar-refractivity contribution is 6.14. The van der Waals surface area contributed by atoms with Crippen molar-refractivity contribution in [3.8, 4) is 0 Å². The van der Waals surface area contributed by atoms with Gasteiger partial charge in [-0.25, -0.2) is 9.59 Å². The maximum Gasteiger partial charge on any atom is 0.347 e.